The van der Waals surface area contributed by atoms with E-state index in [1.807, 2.05) is 18.2 Å². The van der Waals surface area contributed by atoms with E-state index in [2.05, 4.69) is 19.9 Å². The van der Waals surface area contributed by atoms with Crippen LogP contribution in [0.3, 0.4) is 0 Å². The molecule has 0 bridgehead atoms. The van der Waals surface area contributed by atoms with Gasteiger partial charge in [-0.05, 0) is 31.4 Å². The normalized spacial score (nSPS) is 16.8. The van der Waals surface area contributed by atoms with Crippen molar-refractivity contribution in [2.45, 2.75) is 32.4 Å². The Morgan fingerprint density at radius 1 is 1.37 bits per heavy atom. The third kappa shape index (κ3) is 3.90. The van der Waals surface area contributed by atoms with Gasteiger partial charge in [-0.15, -0.1) is 0 Å². The van der Waals surface area contributed by atoms with E-state index < -0.39 is 11.5 Å². The van der Waals surface area contributed by atoms with Gasteiger partial charge in [-0.25, -0.2) is 9.78 Å². The molecular formula is C20H23ClN6O3. The molecule has 1 aliphatic heterocycles. The Hall–Kier alpha value is -2.91. The molecule has 3 heterocycles. The minimum absolute atomic E-state index is 0.0219. The molecule has 1 saturated heterocycles. The average molecular weight is 431 g/mol. The molecule has 0 saturated carbocycles. The Bertz CT molecular complexity index is 1140. The van der Waals surface area contributed by atoms with Crippen LogP contribution in [0.2, 0.25) is 5.02 Å². The number of hydrogen-bond acceptors (Lipinski definition) is 7. The van der Waals surface area contributed by atoms with Gasteiger partial charge in [0.25, 0.3) is 5.56 Å². The summed E-state index contributed by atoms with van der Waals surface area (Å²) in [5.74, 6) is -0.281. The predicted octanol–water partition coefficient (Wildman–Crippen LogP) is 1.93. The molecular weight excluding hydrogens is 408 g/mol. The Kier molecular flexibility index (Phi) is 5.74. The van der Waals surface area contributed by atoms with Gasteiger partial charge >= 0.3 is 5.97 Å². The van der Waals surface area contributed by atoms with Gasteiger partial charge in [0.2, 0.25) is 11.8 Å². The van der Waals surface area contributed by atoms with E-state index in [-0.39, 0.29) is 29.6 Å². The van der Waals surface area contributed by atoms with E-state index >= 15 is 0 Å². The van der Waals surface area contributed by atoms with Crippen LogP contribution in [-0.2, 0) is 11.3 Å². The van der Waals surface area contributed by atoms with Crippen molar-refractivity contribution >= 4 is 34.7 Å². The molecule has 158 valence electrons. The van der Waals surface area contributed by atoms with Crippen molar-refractivity contribution in [1.82, 2.24) is 19.5 Å². The van der Waals surface area contributed by atoms with Gasteiger partial charge in [0.15, 0.2) is 11.2 Å². The van der Waals surface area contributed by atoms with Crippen molar-refractivity contribution in [2.75, 3.05) is 24.6 Å². The Balaban J connectivity index is 1.87. The van der Waals surface area contributed by atoms with Crippen LogP contribution in [0.4, 0.5) is 5.95 Å². The van der Waals surface area contributed by atoms with Crippen molar-refractivity contribution in [3.05, 3.63) is 51.0 Å². The standard InChI is InChI=1S/C20H23ClN6O3/c1-2-30-19(29)17-23-16-15(18(28)24-17)27(10-12-6-3-4-8-14(12)21)20(25-16)26-9-5-7-13(22)11-26/h3-4,6,8,13H,2,5,7,9-11,22H2,1H3,(H,23,24,28)/t13-/m1/s1. The second-order valence-electron chi connectivity index (χ2n) is 7.24. The summed E-state index contributed by atoms with van der Waals surface area (Å²) in [7, 11) is 0. The van der Waals surface area contributed by atoms with Crippen molar-refractivity contribution in [1.29, 1.82) is 0 Å². The van der Waals surface area contributed by atoms with Crippen LogP contribution in [-0.4, -0.2) is 51.2 Å². The minimum atomic E-state index is -0.696. The Morgan fingerprint density at radius 2 is 2.17 bits per heavy atom. The highest BCUT2D eigenvalue weighted by molar-refractivity contribution is 6.31. The van der Waals surface area contributed by atoms with Crippen LogP contribution >= 0.6 is 11.6 Å². The second-order valence-corrected chi connectivity index (χ2v) is 7.65. The number of rotatable bonds is 5. The molecule has 4 rings (SSSR count). The third-order valence-corrected chi connectivity index (χ3v) is 5.46. The first-order valence-corrected chi connectivity index (χ1v) is 10.3. The molecule has 0 aliphatic carbocycles. The topological polar surface area (TPSA) is 119 Å². The van der Waals surface area contributed by atoms with Crippen molar-refractivity contribution in [2.24, 2.45) is 5.73 Å². The zero-order valence-electron chi connectivity index (χ0n) is 16.6. The summed E-state index contributed by atoms with van der Waals surface area (Å²) in [6.45, 7) is 3.58. The first kappa shape index (κ1) is 20.4. The number of imidazole rings is 1. The molecule has 30 heavy (non-hydrogen) atoms. The van der Waals surface area contributed by atoms with E-state index in [1.165, 1.54) is 0 Å². The van der Waals surface area contributed by atoms with Crippen LogP contribution in [0.1, 0.15) is 35.9 Å². The van der Waals surface area contributed by atoms with E-state index in [0.29, 0.717) is 24.1 Å². The summed E-state index contributed by atoms with van der Waals surface area (Å²) in [6.07, 6.45) is 1.86. The predicted molar refractivity (Wildman–Crippen MR) is 114 cm³/mol. The molecule has 3 N–H and O–H groups in total. The number of ether oxygens (including phenoxy) is 1. The number of carbonyl (C=O) groups is 1. The summed E-state index contributed by atoms with van der Waals surface area (Å²) in [5, 5.41) is 0.591. The van der Waals surface area contributed by atoms with Gasteiger partial charge in [-0.3, -0.25) is 14.3 Å². The zero-order chi connectivity index (χ0) is 21.3. The molecule has 0 unspecified atom stereocenters. The lowest BCUT2D eigenvalue weighted by molar-refractivity contribution is 0.0512. The summed E-state index contributed by atoms with van der Waals surface area (Å²) >= 11 is 6.36. The second kappa shape index (κ2) is 8.45. The largest absolute Gasteiger partial charge is 0.460 e. The number of aromatic amines is 1. The van der Waals surface area contributed by atoms with Gasteiger partial charge < -0.3 is 15.4 Å². The maximum atomic E-state index is 12.9. The molecule has 10 heteroatoms. The highest BCUT2D eigenvalue weighted by atomic mass is 35.5. The number of fused-ring (bicyclic) bond motifs is 1. The molecule has 9 nitrogen and oxygen atoms in total. The average Bonchev–Trinajstić information content (AvgIpc) is 3.09. The van der Waals surface area contributed by atoms with Crippen LogP contribution < -0.4 is 16.2 Å². The number of piperidine rings is 1. The van der Waals surface area contributed by atoms with Crippen LogP contribution in [0, 0.1) is 0 Å². The number of nitrogens with two attached hydrogens (primary N) is 1. The summed E-state index contributed by atoms with van der Waals surface area (Å²) in [4.78, 5) is 38.5. The molecule has 3 aromatic rings. The lowest BCUT2D eigenvalue weighted by Gasteiger charge is -2.31. The Labute approximate surface area is 177 Å². The monoisotopic (exact) mass is 430 g/mol. The highest BCUT2D eigenvalue weighted by Gasteiger charge is 2.26. The fourth-order valence-corrected chi connectivity index (χ4v) is 3.90. The number of esters is 1. The van der Waals surface area contributed by atoms with Crippen molar-refractivity contribution < 1.29 is 9.53 Å². The zero-order valence-corrected chi connectivity index (χ0v) is 17.4. The summed E-state index contributed by atoms with van der Waals surface area (Å²) < 4.78 is 6.75. The van der Waals surface area contributed by atoms with Crippen molar-refractivity contribution in [3.63, 3.8) is 0 Å². The number of aromatic nitrogens is 4. The van der Waals surface area contributed by atoms with E-state index in [9.17, 15) is 9.59 Å². The van der Waals surface area contributed by atoms with Gasteiger partial charge in [-0.2, -0.15) is 4.98 Å². The molecule has 1 atom stereocenters. The van der Waals surface area contributed by atoms with Crippen LogP contribution in [0.25, 0.3) is 11.2 Å². The number of H-pyrrole nitrogens is 1. The lowest BCUT2D eigenvalue weighted by Crippen LogP contribution is -2.44. The number of nitrogens with one attached hydrogen (secondary N) is 1. The number of anilines is 1. The van der Waals surface area contributed by atoms with Crippen LogP contribution in [0.5, 0.6) is 0 Å². The molecule has 1 aromatic carbocycles. The lowest BCUT2D eigenvalue weighted by atomic mass is 10.1. The molecule has 2 aromatic heterocycles. The molecule has 0 radical (unpaired) electrons. The fourth-order valence-electron chi connectivity index (χ4n) is 3.71. The first-order chi connectivity index (χ1) is 14.5. The smallest absolute Gasteiger partial charge is 0.374 e. The van der Waals surface area contributed by atoms with Gasteiger partial charge in [0, 0.05) is 24.2 Å². The van der Waals surface area contributed by atoms with Gasteiger partial charge in [0.05, 0.1) is 13.2 Å². The summed E-state index contributed by atoms with van der Waals surface area (Å²) in [5.41, 5.74) is 7.00. The SMILES string of the molecule is CCOC(=O)c1nc2nc(N3CCC[C@@H](N)C3)n(Cc3ccccc3Cl)c2c(=O)[nH]1. The first-order valence-electron chi connectivity index (χ1n) is 9.89. The maximum absolute atomic E-state index is 12.9. The quantitative estimate of drug-likeness (QED) is 0.593. The van der Waals surface area contributed by atoms with E-state index in [0.717, 1.165) is 24.9 Å². The maximum Gasteiger partial charge on any atom is 0.374 e. The third-order valence-electron chi connectivity index (χ3n) is 5.09. The summed E-state index contributed by atoms with van der Waals surface area (Å²) in [6, 6.07) is 7.46. The Morgan fingerprint density at radius 3 is 2.90 bits per heavy atom. The fraction of sp³-hybridized carbons (Fsp3) is 0.400. The highest BCUT2D eigenvalue weighted by Crippen LogP contribution is 2.26. The molecule has 0 amide bonds. The molecule has 0 spiro atoms. The number of carbonyl (C=O) groups excluding carboxylic acids is 1. The number of hydrogen-bond donors (Lipinski definition) is 2. The number of halogens is 1. The van der Waals surface area contributed by atoms with Gasteiger partial charge in [0.1, 0.15) is 0 Å². The number of benzene rings is 1. The van der Waals surface area contributed by atoms with E-state index in [1.54, 1.807) is 17.6 Å². The number of nitrogens with zero attached hydrogens (tertiary/aromatic N) is 4. The molecule has 1 aliphatic rings. The van der Waals surface area contributed by atoms with Gasteiger partial charge in [-0.1, -0.05) is 29.8 Å². The molecule has 1 fully saturated rings. The van der Waals surface area contributed by atoms with Crippen LogP contribution in [0.15, 0.2) is 29.1 Å². The minimum Gasteiger partial charge on any atom is -0.460 e. The van der Waals surface area contributed by atoms with E-state index in [4.69, 9.17) is 22.1 Å². The van der Waals surface area contributed by atoms with Crippen molar-refractivity contribution in [3.8, 4) is 0 Å².